The first-order valence-corrected chi connectivity index (χ1v) is 10.4. The van der Waals surface area contributed by atoms with Gasteiger partial charge in [-0.1, -0.05) is 12.1 Å². The molecule has 0 aliphatic heterocycles. The molecule has 2 heterocycles. The molecule has 0 aliphatic carbocycles. The second-order valence-electron chi connectivity index (χ2n) is 7.93. The highest BCUT2D eigenvalue weighted by Gasteiger charge is 2.16. The highest BCUT2D eigenvalue weighted by atomic mass is 19.1. The Hall–Kier alpha value is -3.67. The van der Waals surface area contributed by atoms with Gasteiger partial charge in [-0.3, -0.25) is 4.79 Å². The minimum Gasteiger partial charge on any atom is -0.485 e. The van der Waals surface area contributed by atoms with Crippen molar-refractivity contribution in [1.82, 2.24) is 4.57 Å². The number of hydrogen-bond acceptors (Lipinski definition) is 4. The molecule has 0 atom stereocenters. The van der Waals surface area contributed by atoms with E-state index < -0.39 is 5.63 Å². The van der Waals surface area contributed by atoms with E-state index in [0.717, 1.165) is 34.3 Å². The minimum atomic E-state index is -0.420. The molecule has 0 fully saturated rings. The number of halogens is 1. The summed E-state index contributed by atoms with van der Waals surface area (Å²) in [5, 5.41) is 0.827. The van der Waals surface area contributed by atoms with Crippen LogP contribution in [0, 0.1) is 26.6 Å². The third kappa shape index (κ3) is 4.49. The second kappa shape index (κ2) is 8.83. The third-order valence-corrected chi connectivity index (χ3v) is 5.70. The van der Waals surface area contributed by atoms with Gasteiger partial charge in [0.15, 0.2) is 6.61 Å². The van der Waals surface area contributed by atoms with Crippen LogP contribution < -0.4 is 10.4 Å². The normalized spacial score (nSPS) is 11.1. The van der Waals surface area contributed by atoms with E-state index in [2.05, 4.69) is 4.57 Å². The Morgan fingerprint density at radius 3 is 2.53 bits per heavy atom. The van der Waals surface area contributed by atoms with Crippen molar-refractivity contribution in [2.45, 2.75) is 33.7 Å². The van der Waals surface area contributed by atoms with Gasteiger partial charge >= 0.3 is 5.63 Å². The molecule has 32 heavy (non-hydrogen) atoms. The number of nitrogens with zero attached hydrogens (tertiary/aromatic N) is 1. The van der Waals surface area contributed by atoms with Crippen LogP contribution in [0.15, 0.2) is 63.8 Å². The van der Waals surface area contributed by atoms with Gasteiger partial charge in [0, 0.05) is 41.0 Å². The Bertz CT molecular complexity index is 1350. The van der Waals surface area contributed by atoms with Gasteiger partial charge < -0.3 is 13.7 Å². The monoisotopic (exact) mass is 433 g/mol. The molecule has 4 aromatic rings. The number of carbonyl (C=O) groups excluding carboxylic acids is 1. The zero-order valence-electron chi connectivity index (χ0n) is 18.3. The smallest absolute Gasteiger partial charge is 0.336 e. The number of fused-ring (bicyclic) bond motifs is 1. The van der Waals surface area contributed by atoms with E-state index in [1.54, 1.807) is 24.3 Å². The van der Waals surface area contributed by atoms with E-state index >= 15 is 0 Å². The predicted octanol–water partition coefficient (Wildman–Crippen LogP) is 5.16. The van der Waals surface area contributed by atoms with Gasteiger partial charge in [-0.2, -0.15) is 0 Å². The zero-order valence-corrected chi connectivity index (χ0v) is 18.3. The summed E-state index contributed by atoms with van der Waals surface area (Å²) in [6.07, 6.45) is 0.739. The Balaban J connectivity index is 1.45. The molecule has 4 rings (SSSR count). The summed E-state index contributed by atoms with van der Waals surface area (Å²) in [5.74, 6) is 0.0836. The van der Waals surface area contributed by atoms with Crippen LogP contribution in [0.2, 0.25) is 0 Å². The summed E-state index contributed by atoms with van der Waals surface area (Å²) in [4.78, 5) is 24.5. The van der Waals surface area contributed by atoms with Crippen LogP contribution in [0.25, 0.3) is 11.0 Å². The average molecular weight is 433 g/mol. The van der Waals surface area contributed by atoms with Crippen LogP contribution >= 0.6 is 0 Å². The molecule has 164 valence electrons. The number of aromatic nitrogens is 1. The minimum absolute atomic E-state index is 0.121. The predicted molar refractivity (Wildman–Crippen MR) is 121 cm³/mol. The number of aryl methyl sites for hydroxylation is 3. The lowest BCUT2D eigenvalue weighted by Gasteiger charge is -2.10. The van der Waals surface area contributed by atoms with Gasteiger partial charge in [0.05, 0.1) is 0 Å². The summed E-state index contributed by atoms with van der Waals surface area (Å²) in [6, 6.07) is 15.0. The largest absolute Gasteiger partial charge is 0.485 e. The first-order valence-electron chi connectivity index (χ1n) is 10.4. The van der Waals surface area contributed by atoms with Gasteiger partial charge in [-0.25, -0.2) is 9.18 Å². The molecule has 0 bridgehead atoms. The fourth-order valence-electron chi connectivity index (χ4n) is 3.94. The molecular formula is C26H24FNO4. The van der Waals surface area contributed by atoms with Gasteiger partial charge in [-0.15, -0.1) is 0 Å². The average Bonchev–Trinajstić information content (AvgIpc) is 3.04. The van der Waals surface area contributed by atoms with E-state index in [1.807, 2.05) is 32.9 Å². The fraction of sp³-hybridized carbons (Fsp3) is 0.231. The maximum Gasteiger partial charge on any atom is 0.336 e. The highest BCUT2D eigenvalue weighted by molar-refractivity contribution is 5.98. The summed E-state index contributed by atoms with van der Waals surface area (Å²) < 4.78 is 26.1. The standard InChI is InChI=1S/C26H24FNO4/c1-16-12-26(30)32-25-14-21(8-9-22(16)25)31-15-24(29)23-13-17(2)28(18(23)3)11-10-19-4-6-20(27)7-5-19/h4-9,12-14H,10-11,15H2,1-3H3. The first-order chi connectivity index (χ1) is 15.3. The van der Waals surface area contributed by atoms with Crippen LogP contribution in [0.5, 0.6) is 5.75 Å². The summed E-state index contributed by atoms with van der Waals surface area (Å²) in [7, 11) is 0. The Labute approximate surface area is 185 Å². The van der Waals surface area contributed by atoms with Crippen molar-refractivity contribution in [1.29, 1.82) is 0 Å². The molecule has 0 saturated heterocycles. The third-order valence-electron chi connectivity index (χ3n) is 5.70. The van der Waals surface area contributed by atoms with E-state index in [9.17, 15) is 14.0 Å². The van der Waals surface area contributed by atoms with E-state index in [-0.39, 0.29) is 18.2 Å². The summed E-state index contributed by atoms with van der Waals surface area (Å²) >= 11 is 0. The lowest BCUT2D eigenvalue weighted by molar-refractivity contribution is 0.0920. The van der Waals surface area contributed by atoms with Crippen molar-refractivity contribution in [3.63, 3.8) is 0 Å². The van der Waals surface area contributed by atoms with Crippen molar-refractivity contribution in [3.8, 4) is 5.75 Å². The quantitative estimate of drug-likeness (QED) is 0.298. The van der Waals surface area contributed by atoms with Crippen molar-refractivity contribution in [2.75, 3.05) is 6.61 Å². The van der Waals surface area contributed by atoms with Gasteiger partial charge in [-0.05, 0) is 68.7 Å². The molecule has 6 heteroatoms. The number of rotatable bonds is 7. The number of ether oxygens (including phenoxy) is 1. The number of benzene rings is 2. The van der Waals surface area contributed by atoms with Crippen LogP contribution in [0.3, 0.4) is 0 Å². The Kier molecular flexibility index (Phi) is 5.95. The zero-order chi connectivity index (χ0) is 22.8. The second-order valence-corrected chi connectivity index (χ2v) is 7.93. The lowest BCUT2D eigenvalue weighted by Crippen LogP contribution is -2.13. The van der Waals surface area contributed by atoms with E-state index in [0.29, 0.717) is 23.4 Å². The molecule has 0 amide bonds. The van der Waals surface area contributed by atoms with Crippen LogP contribution in [0.4, 0.5) is 4.39 Å². The molecule has 0 unspecified atom stereocenters. The van der Waals surface area contributed by atoms with Crippen LogP contribution in [0.1, 0.15) is 32.9 Å². The highest BCUT2D eigenvalue weighted by Crippen LogP contribution is 2.23. The lowest BCUT2D eigenvalue weighted by atomic mass is 10.1. The van der Waals surface area contributed by atoms with Crippen molar-refractivity contribution in [3.05, 3.63) is 98.9 Å². The molecule has 0 spiro atoms. The topological polar surface area (TPSA) is 61.4 Å². The Morgan fingerprint density at radius 2 is 1.78 bits per heavy atom. The molecule has 2 aromatic carbocycles. The van der Waals surface area contributed by atoms with Gasteiger partial charge in [0.1, 0.15) is 17.1 Å². The SMILES string of the molecule is Cc1cc(=O)oc2cc(OCC(=O)c3cc(C)n(CCc4ccc(F)cc4)c3C)ccc12. The first kappa shape index (κ1) is 21.6. The molecule has 5 nitrogen and oxygen atoms in total. The summed E-state index contributed by atoms with van der Waals surface area (Å²) in [5.41, 5.74) is 4.34. The van der Waals surface area contributed by atoms with Crippen molar-refractivity contribution in [2.24, 2.45) is 0 Å². The Morgan fingerprint density at radius 1 is 1.03 bits per heavy atom. The molecule has 0 radical (unpaired) electrons. The van der Waals surface area contributed by atoms with Crippen LogP contribution in [-0.4, -0.2) is 17.0 Å². The molecular weight excluding hydrogens is 409 g/mol. The maximum absolute atomic E-state index is 13.1. The number of carbonyl (C=O) groups is 1. The molecule has 2 aromatic heterocycles. The summed E-state index contributed by atoms with van der Waals surface area (Å²) in [6.45, 7) is 6.29. The number of hydrogen-bond donors (Lipinski definition) is 0. The van der Waals surface area contributed by atoms with Crippen LogP contribution in [-0.2, 0) is 13.0 Å². The van der Waals surface area contributed by atoms with Crippen molar-refractivity contribution < 1.29 is 18.3 Å². The fourth-order valence-corrected chi connectivity index (χ4v) is 3.94. The van der Waals surface area contributed by atoms with E-state index in [1.165, 1.54) is 18.2 Å². The number of ketones is 1. The molecule has 0 N–H and O–H groups in total. The number of Topliss-reactive ketones (excluding diaryl/α,β-unsaturated/α-hetero) is 1. The van der Waals surface area contributed by atoms with Gasteiger partial charge in [0.25, 0.3) is 0 Å². The van der Waals surface area contributed by atoms with Crippen molar-refractivity contribution >= 4 is 16.8 Å². The van der Waals surface area contributed by atoms with E-state index in [4.69, 9.17) is 9.15 Å². The molecule has 0 saturated carbocycles. The van der Waals surface area contributed by atoms with Gasteiger partial charge in [0.2, 0.25) is 5.78 Å². The molecule has 0 aliphatic rings. The maximum atomic E-state index is 13.1.